The topological polar surface area (TPSA) is 119 Å². The first-order valence-electron chi connectivity index (χ1n) is 9.19. The van der Waals surface area contributed by atoms with E-state index in [-0.39, 0.29) is 29.7 Å². The summed E-state index contributed by atoms with van der Waals surface area (Å²) in [6, 6.07) is 12.7. The lowest BCUT2D eigenvalue weighted by atomic mass is 9.86. The van der Waals surface area contributed by atoms with Crippen LogP contribution in [0.25, 0.3) is 0 Å². The summed E-state index contributed by atoms with van der Waals surface area (Å²) in [5, 5.41) is 3.26. The molecule has 0 saturated carbocycles. The maximum absolute atomic E-state index is 12.5. The highest BCUT2D eigenvalue weighted by molar-refractivity contribution is 6.30. The van der Waals surface area contributed by atoms with Gasteiger partial charge in [0.15, 0.2) is 11.5 Å². The molecule has 4 rings (SSSR count). The molecule has 1 amide bonds. The molecule has 30 heavy (non-hydrogen) atoms. The zero-order valence-electron chi connectivity index (χ0n) is 16.1. The van der Waals surface area contributed by atoms with Gasteiger partial charge in [-0.1, -0.05) is 29.8 Å². The summed E-state index contributed by atoms with van der Waals surface area (Å²) >= 11 is 5.91. The summed E-state index contributed by atoms with van der Waals surface area (Å²) in [6.45, 7) is 0.338. The van der Waals surface area contributed by atoms with Crippen LogP contribution in [0.2, 0.25) is 5.02 Å². The number of hydrogen-bond acceptors (Lipinski definition) is 6. The average Bonchev–Trinajstić information content (AvgIpc) is 2.72. The molecule has 0 aliphatic carbocycles. The van der Waals surface area contributed by atoms with Gasteiger partial charge in [0, 0.05) is 17.4 Å². The lowest BCUT2D eigenvalue weighted by Crippen LogP contribution is -2.31. The van der Waals surface area contributed by atoms with Crippen molar-refractivity contribution < 1.29 is 14.3 Å². The molecule has 1 atom stereocenters. The normalized spacial score (nSPS) is 15.3. The van der Waals surface area contributed by atoms with Crippen LogP contribution < -0.4 is 26.1 Å². The van der Waals surface area contributed by atoms with Crippen LogP contribution in [0.15, 0.2) is 47.3 Å². The Hall–Kier alpha value is -3.52. The molecule has 154 valence electrons. The summed E-state index contributed by atoms with van der Waals surface area (Å²) < 4.78 is 11.4. The van der Waals surface area contributed by atoms with Crippen LogP contribution in [0, 0.1) is 0 Å². The number of halogens is 1. The van der Waals surface area contributed by atoms with Gasteiger partial charge in [0.05, 0.1) is 12.7 Å². The van der Waals surface area contributed by atoms with E-state index < -0.39 is 5.92 Å². The molecule has 0 saturated heterocycles. The summed E-state index contributed by atoms with van der Waals surface area (Å²) in [4.78, 5) is 31.2. The van der Waals surface area contributed by atoms with Gasteiger partial charge in [0.25, 0.3) is 5.56 Å². The second kappa shape index (κ2) is 8.08. The van der Waals surface area contributed by atoms with Gasteiger partial charge >= 0.3 is 0 Å². The van der Waals surface area contributed by atoms with Crippen LogP contribution >= 0.6 is 11.6 Å². The van der Waals surface area contributed by atoms with Crippen molar-refractivity contribution in [1.29, 1.82) is 0 Å². The van der Waals surface area contributed by atoms with E-state index in [1.165, 1.54) is 7.11 Å². The predicted octanol–water partition coefficient (Wildman–Crippen LogP) is 3.07. The van der Waals surface area contributed by atoms with Crippen molar-refractivity contribution in [3.63, 3.8) is 0 Å². The molecule has 2 aromatic carbocycles. The van der Waals surface area contributed by atoms with Crippen LogP contribution in [0.1, 0.15) is 29.0 Å². The van der Waals surface area contributed by atoms with Gasteiger partial charge in [-0.2, -0.15) is 4.98 Å². The highest BCUT2D eigenvalue weighted by Gasteiger charge is 2.31. The minimum Gasteiger partial charge on any atom is -0.493 e. The van der Waals surface area contributed by atoms with Crippen molar-refractivity contribution in [3.8, 4) is 11.5 Å². The molecule has 8 nitrogen and oxygen atoms in total. The molecule has 9 heteroatoms. The molecule has 0 radical (unpaired) electrons. The number of amides is 1. The second-order valence-corrected chi connectivity index (χ2v) is 7.28. The maximum Gasteiger partial charge on any atom is 0.258 e. The Kier molecular flexibility index (Phi) is 5.33. The zero-order chi connectivity index (χ0) is 21.3. The van der Waals surface area contributed by atoms with Crippen LogP contribution in [-0.2, 0) is 11.4 Å². The van der Waals surface area contributed by atoms with Crippen molar-refractivity contribution in [2.45, 2.75) is 18.9 Å². The molecule has 2 heterocycles. The third-order valence-electron chi connectivity index (χ3n) is 4.87. The number of nitrogen functional groups attached to an aromatic ring is 1. The number of ether oxygens (including phenoxy) is 2. The van der Waals surface area contributed by atoms with E-state index >= 15 is 0 Å². The van der Waals surface area contributed by atoms with E-state index in [9.17, 15) is 9.59 Å². The number of benzene rings is 2. The number of rotatable bonds is 5. The van der Waals surface area contributed by atoms with Crippen molar-refractivity contribution in [1.82, 2.24) is 9.97 Å². The fourth-order valence-electron chi connectivity index (χ4n) is 3.44. The largest absolute Gasteiger partial charge is 0.493 e. The van der Waals surface area contributed by atoms with Gasteiger partial charge in [0.1, 0.15) is 12.4 Å². The van der Waals surface area contributed by atoms with Crippen LogP contribution in [0.4, 0.5) is 11.8 Å². The van der Waals surface area contributed by atoms with E-state index in [2.05, 4.69) is 15.3 Å². The number of H-pyrrole nitrogens is 1. The molecular weight excluding hydrogens is 408 g/mol. The van der Waals surface area contributed by atoms with Gasteiger partial charge < -0.3 is 20.5 Å². The number of nitrogens with zero attached hydrogens (tertiary/aromatic N) is 1. The number of carbonyl (C=O) groups excluding carboxylic acids is 1. The number of aromatic amines is 1. The Balaban J connectivity index is 1.64. The lowest BCUT2D eigenvalue weighted by molar-refractivity contribution is -0.116. The molecule has 1 unspecified atom stereocenters. The number of fused-ring (bicyclic) bond motifs is 1. The fraction of sp³-hybridized carbons (Fsp3) is 0.190. The SMILES string of the molecule is COc1cc(C2CC(=O)Nc3nc(N)[nH]c(=O)c32)ccc1OCc1ccc(Cl)cc1. The van der Waals surface area contributed by atoms with Crippen LogP contribution in [0.3, 0.4) is 0 Å². The Morgan fingerprint density at radius 2 is 1.93 bits per heavy atom. The molecule has 0 fully saturated rings. The van der Waals surface area contributed by atoms with E-state index in [1.54, 1.807) is 24.3 Å². The third kappa shape index (κ3) is 3.95. The number of hydrogen-bond donors (Lipinski definition) is 3. The predicted molar refractivity (Wildman–Crippen MR) is 113 cm³/mol. The Morgan fingerprint density at radius 3 is 2.67 bits per heavy atom. The number of nitrogens with one attached hydrogen (secondary N) is 2. The summed E-state index contributed by atoms with van der Waals surface area (Å²) in [5.41, 5.74) is 7.27. The number of carbonyl (C=O) groups is 1. The third-order valence-corrected chi connectivity index (χ3v) is 5.12. The van der Waals surface area contributed by atoms with Crippen LogP contribution in [0.5, 0.6) is 11.5 Å². The Morgan fingerprint density at radius 1 is 1.17 bits per heavy atom. The van der Waals surface area contributed by atoms with Gasteiger partial charge in [0.2, 0.25) is 11.9 Å². The quantitative estimate of drug-likeness (QED) is 0.576. The first kappa shape index (κ1) is 19.8. The van der Waals surface area contributed by atoms with Gasteiger partial charge in [-0.25, -0.2) is 0 Å². The highest BCUT2D eigenvalue weighted by atomic mass is 35.5. The minimum absolute atomic E-state index is 0.0526. The lowest BCUT2D eigenvalue weighted by Gasteiger charge is -2.25. The van der Waals surface area contributed by atoms with E-state index in [0.717, 1.165) is 11.1 Å². The first-order chi connectivity index (χ1) is 14.4. The van der Waals surface area contributed by atoms with E-state index in [0.29, 0.717) is 28.7 Å². The number of nitrogens with two attached hydrogens (primary N) is 1. The van der Waals surface area contributed by atoms with Crippen molar-refractivity contribution >= 4 is 29.3 Å². The molecule has 1 aromatic heterocycles. The molecular formula is C21H19ClN4O4. The molecule has 1 aliphatic rings. The monoisotopic (exact) mass is 426 g/mol. The number of anilines is 2. The van der Waals surface area contributed by atoms with Crippen molar-refractivity contribution in [2.75, 3.05) is 18.2 Å². The summed E-state index contributed by atoms with van der Waals surface area (Å²) in [7, 11) is 1.53. The molecule has 3 aromatic rings. The number of methoxy groups -OCH3 is 1. The standard InChI is InChI=1S/C21H19ClN4O4/c1-29-16-8-12(4-7-15(16)30-10-11-2-5-13(22)6-3-11)14-9-17(27)24-19-18(14)20(28)26-21(23)25-19/h2-8,14H,9-10H2,1H3,(H4,23,24,25,26,27,28). The average molecular weight is 427 g/mol. The summed E-state index contributed by atoms with van der Waals surface area (Å²) in [5.74, 6) is 0.439. The molecule has 0 spiro atoms. The maximum atomic E-state index is 12.5. The van der Waals surface area contributed by atoms with Crippen molar-refractivity contribution in [2.24, 2.45) is 0 Å². The molecule has 1 aliphatic heterocycles. The Bertz CT molecular complexity index is 1160. The minimum atomic E-state index is -0.482. The van der Waals surface area contributed by atoms with Crippen LogP contribution in [-0.4, -0.2) is 23.0 Å². The van der Waals surface area contributed by atoms with E-state index in [1.807, 2.05) is 18.2 Å². The number of aromatic nitrogens is 2. The van der Waals surface area contributed by atoms with Gasteiger partial charge in [-0.15, -0.1) is 0 Å². The van der Waals surface area contributed by atoms with Crippen molar-refractivity contribution in [3.05, 3.63) is 74.5 Å². The second-order valence-electron chi connectivity index (χ2n) is 6.84. The van der Waals surface area contributed by atoms with E-state index in [4.69, 9.17) is 26.8 Å². The molecule has 0 bridgehead atoms. The van der Waals surface area contributed by atoms with Gasteiger partial charge in [-0.3, -0.25) is 14.6 Å². The molecule has 4 N–H and O–H groups in total. The fourth-order valence-corrected chi connectivity index (χ4v) is 3.56. The smallest absolute Gasteiger partial charge is 0.258 e. The zero-order valence-corrected chi connectivity index (χ0v) is 16.8. The first-order valence-corrected chi connectivity index (χ1v) is 9.57. The highest BCUT2D eigenvalue weighted by Crippen LogP contribution is 2.38. The Labute approximate surface area is 177 Å². The summed E-state index contributed by atoms with van der Waals surface area (Å²) in [6.07, 6.45) is 0.107. The van der Waals surface area contributed by atoms with Gasteiger partial charge in [-0.05, 0) is 35.4 Å².